The highest BCUT2D eigenvalue weighted by Gasteiger charge is 2.36. The first-order valence-corrected chi connectivity index (χ1v) is 29.8. The number of nitrogens with two attached hydrogens (primary N) is 14. The molecule has 90 heavy (non-hydrogen) atoms. The summed E-state index contributed by atoms with van der Waals surface area (Å²) < 4.78 is 0. The van der Waals surface area contributed by atoms with E-state index >= 15 is 0 Å². The fourth-order valence-corrected chi connectivity index (χ4v) is 8.50. The van der Waals surface area contributed by atoms with Crippen LogP contribution in [0, 0.1) is 5.92 Å². The Bertz CT molecular complexity index is 2430. The molecule has 38 nitrogen and oxygen atoms in total. The summed E-state index contributed by atoms with van der Waals surface area (Å²) in [6.07, 6.45) is 1.20. The van der Waals surface area contributed by atoms with Crippen LogP contribution >= 0.6 is 0 Å². The van der Waals surface area contributed by atoms with Gasteiger partial charge in [-0.1, -0.05) is 13.8 Å². The largest absolute Gasteiger partial charge is 0.480 e. The first-order chi connectivity index (χ1) is 42.4. The number of nitrogens with zero attached hydrogens (tertiary/aromatic N) is 5. The van der Waals surface area contributed by atoms with Crippen molar-refractivity contribution in [3.8, 4) is 0 Å². The van der Waals surface area contributed by atoms with Gasteiger partial charge in [-0.25, -0.2) is 4.79 Å². The molecule has 0 rings (SSSR count). The van der Waals surface area contributed by atoms with Crippen LogP contribution in [0.5, 0.6) is 0 Å². The third-order valence-corrected chi connectivity index (χ3v) is 13.3. The molecule has 0 aliphatic rings. The fraction of sp³-hybridized carbons (Fsp3) is 0.712. The number of unbranched alkanes of at least 4 members (excludes halogenated alkanes) is 2. The molecule has 512 valence electrons. The molecular formula is C52H103N27O11. The van der Waals surface area contributed by atoms with Gasteiger partial charge in [0.25, 0.3) is 0 Å². The van der Waals surface area contributed by atoms with Crippen LogP contribution in [-0.4, -0.2) is 194 Å². The number of carbonyl (C=O) groups is 10. The predicted molar refractivity (Wildman–Crippen MR) is 340 cm³/mol. The number of carbonyl (C=O) groups excluding carboxylic acids is 9. The Morgan fingerprint density at radius 1 is 0.333 bits per heavy atom. The Labute approximate surface area is 523 Å². The van der Waals surface area contributed by atoms with E-state index in [0.717, 1.165) is 0 Å². The summed E-state index contributed by atoms with van der Waals surface area (Å²) in [7, 11) is 0. The van der Waals surface area contributed by atoms with Crippen molar-refractivity contribution < 1.29 is 53.1 Å². The Kier molecular flexibility index (Phi) is 41.5. The van der Waals surface area contributed by atoms with E-state index in [-0.39, 0.29) is 146 Å². The second kappa shape index (κ2) is 46.1. The molecular weight excluding hydrogens is 1180 g/mol. The molecule has 9 amide bonds. The molecule has 0 spiro atoms. The van der Waals surface area contributed by atoms with Gasteiger partial charge in [0.15, 0.2) is 29.8 Å². The number of aliphatic imine (C=N–C) groups is 5. The van der Waals surface area contributed by atoms with Crippen molar-refractivity contribution in [2.45, 2.75) is 184 Å². The van der Waals surface area contributed by atoms with Crippen molar-refractivity contribution in [3.63, 3.8) is 0 Å². The number of hydrogen-bond acceptors (Lipinski definition) is 18. The second-order valence-corrected chi connectivity index (χ2v) is 21.4. The second-order valence-electron chi connectivity index (χ2n) is 21.4. The molecule has 9 atom stereocenters. The fourth-order valence-electron chi connectivity index (χ4n) is 8.50. The normalized spacial score (nSPS) is 13.8. The van der Waals surface area contributed by atoms with Gasteiger partial charge in [-0.05, 0) is 128 Å². The average Bonchev–Trinajstić information content (AvgIpc) is 2.12. The van der Waals surface area contributed by atoms with Gasteiger partial charge in [-0.2, -0.15) is 0 Å². The van der Waals surface area contributed by atoms with Gasteiger partial charge >= 0.3 is 5.97 Å². The SMILES string of the molecule is CC(C)[C@H](NC(=O)[C@H](CCC(N)=O)NC(=O)[C@@H](CCCN=C(N)N)NC(=O)[C@H](CCCN=C(N)N)NC(=O)[C@H](CCCCN)NC(=O)[C@H](CCCCN)NC(=O)[C@H](N)CCCN=C(N)N)C(=O)N[C@@H](CCCN=C(N)N)C(=O)N[C@H](CCCN=C(N)N)C(=O)O. The molecule has 0 radical (unpaired) electrons. The highest BCUT2D eigenvalue weighted by atomic mass is 16.4. The van der Waals surface area contributed by atoms with Crippen LogP contribution in [-0.2, 0) is 47.9 Å². The first kappa shape index (κ1) is 80.9. The molecule has 38 heteroatoms. The van der Waals surface area contributed by atoms with Crippen molar-refractivity contribution in [1.82, 2.24) is 42.5 Å². The summed E-state index contributed by atoms with van der Waals surface area (Å²) in [5, 5.41) is 30.7. The Morgan fingerprint density at radius 3 is 0.878 bits per heavy atom. The number of carboxylic acids is 1. The average molecular weight is 1280 g/mol. The predicted octanol–water partition coefficient (Wildman–Crippen LogP) is -9.28. The Morgan fingerprint density at radius 2 is 0.589 bits per heavy atom. The zero-order chi connectivity index (χ0) is 68.3. The Hall–Kier alpha value is -9.07. The van der Waals surface area contributed by atoms with Gasteiger partial charge in [0.1, 0.15) is 48.3 Å². The zero-order valence-corrected chi connectivity index (χ0v) is 51.8. The standard InChI is InChI=1S/C52H103N27O11/c1-28(2)38(46(88)77-34(17-10-26-70-51(63)64)44(86)78-36(47(89)90)18-11-27-71-52(65)66)79-45(87)35(19-20-37(56)80)76-43(85)33(16-9-25-69-50(61)62)75-42(84)32(15-8-24-68-49(59)60)74-41(83)31(14-4-6-22-54)73-40(82)30(13-3-5-21-53)72-39(81)29(55)12-7-23-67-48(57)58/h28-36,38H,3-27,53-55H2,1-2H3,(H2,56,80)(H,72,81)(H,73,82)(H,74,83)(H,75,84)(H,76,85)(H,77,88)(H,78,86)(H,79,87)(H,89,90)(H4,57,58,67)(H4,59,60,68)(H4,61,62,69)(H4,63,64,70)(H4,65,66,71)/t29-,30+,31+,32+,33-,34+,35+,36-,38+/m1/s1. The van der Waals surface area contributed by atoms with E-state index in [9.17, 15) is 53.1 Å². The van der Waals surface area contributed by atoms with E-state index < -0.39 is 132 Å². The molecule has 0 heterocycles. The van der Waals surface area contributed by atoms with E-state index in [4.69, 9.17) is 80.3 Å². The van der Waals surface area contributed by atoms with Crippen LogP contribution in [0.4, 0.5) is 0 Å². The van der Waals surface area contributed by atoms with Crippen LogP contribution in [0.25, 0.3) is 0 Å². The number of carboxylic acid groups (broad SMARTS) is 1. The summed E-state index contributed by atoms with van der Waals surface area (Å²) in [4.78, 5) is 157. The first-order valence-electron chi connectivity index (χ1n) is 29.8. The summed E-state index contributed by atoms with van der Waals surface area (Å²) in [5.41, 5.74) is 77.8. The lowest BCUT2D eigenvalue weighted by Gasteiger charge is -2.29. The lowest BCUT2D eigenvalue weighted by atomic mass is 10.0. The molecule has 37 N–H and O–H groups in total. The molecule has 0 bridgehead atoms. The maximum absolute atomic E-state index is 14.6. The zero-order valence-electron chi connectivity index (χ0n) is 51.8. The van der Waals surface area contributed by atoms with Crippen LogP contribution in [0.3, 0.4) is 0 Å². The van der Waals surface area contributed by atoms with Gasteiger partial charge in [-0.15, -0.1) is 0 Å². The number of hydrogen-bond donors (Lipinski definition) is 23. The number of nitrogens with one attached hydrogen (secondary N) is 8. The number of guanidine groups is 5. The highest BCUT2D eigenvalue weighted by Crippen LogP contribution is 2.13. The van der Waals surface area contributed by atoms with Crippen LogP contribution in [0.2, 0.25) is 0 Å². The molecule has 0 aromatic carbocycles. The molecule has 0 unspecified atom stereocenters. The lowest BCUT2D eigenvalue weighted by Crippen LogP contribution is -2.61. The molecule has 0 aliphatic carbocycles. The van der Waals surface area contributed by atoms with Gasteiger partial charge < -0.3 is 128 Å². The lowest BCUT2D eigenvalue weighted by molar-refractivity contribution is -0.142. The van der Waals surface area contributed by atoms with Crippen LogP contribution in [0.15, 0.2) is 25.0 Å². The number of aliphatic carboxylic acids is 1. The Balaban J connectivity index is 7.23. The molecule has 0 saturated heterocycles. The van der Waals surface area contributed by atoms with Gasteiger partial charge in [0.05, 0.1) is 6.04 Å². The smallest absolute Gasteiger partial charge is 0.326 e. The van der Waals surface area contributed by atoms with E-state index in [2.05, 4.69) is 67.5 Å². The van der Waals surface area contributed by atoms with Gasteiger partial charge in [0.2, 0.25) is 53.2 Å². The highest BCUT2D eigenvalue weighted by molar-refractivity contribution is 5.98. The summed E-state index contributed by atoms with van der Waals surface area (Å²) in [6, 6.07) is -12.5. The number of primary amides is 1. The molecule has 0 fully saturated rings. The van der Waals surface area contributed by atoms with Crippen LogP contribution < -0.4 is 123 Å². The molecule has 0 aromatic heterocycles. The number of amides is 9. The monoisotopic (exact) mass is 1280 g/mol. The van der Waals surface area contributed by atoms with E-state index in [1.54, 1.807) is 13.8 Å². The summed E-state index contributed by atoms with van der Waals surface area (Å²) >= 11 is 0. The van der Waals surface area contributed by atoms with Crippen molar-refractivity contribution in [1.29, 1.82) is 0 Å². The quantitative estimate of drug-likeness (QED) is 0.0153. The minimum absolute atomic E-state index is 0.0117. The molecule has 0 aliphatic heterocycles. The van der Waals surface area contributed by atoms with Crippen LogP contribution in [0.1, 0.15) is 129 Å². The van der Waals surface area contributed by atoms with Crippen molar-refractivity contribution in [3.05, 3.63) is 0 Å². The molecule has 0 aromatic rings. The molecule has 0 saturated carbocycles. The summed E-state index contributed by atoms with van der Waals surface area (Å²) in [6.45, 7) is 3.83. The van der Waals surface area contributed by atoms with Gasteiger partial charge in [-0.3, -0.25) is 68.1 Å². The minimum Gasteiger partial charge on any atom is -0.480 e. The van der Waals surface area contributed by atoms with Crippen molar-refractivity contribution in [2.75, 3.05) is 45.8 Å². The van der Waals surface area contributed by atoms with E-state index in [0.29, 0.717) is 32.1 Å². The van der Waals surface area contributed by atoms with Gasteiger partial charge in [0, 0.05) is 39.1 Å². The summed E-state index contributed by atoms with van der Waals surface area (Å²) in [5.74, 6) is -11.2. The van der Waals surface area contributed by atoms with E-state index in [1.807, 2.05) is 0 Å². The topological polar surface area (TPSA) is 713 Å². The maximum Gasteiger partial charge on any atom is 0.326 e. The number of rotatable bonds is 49. The maximum atomic E-state index is 14.6. The third kappa shape index (κ3) is 37.6. The minimum atomic E-state index is -1.63. The van der Waals surface area contributed by atoms with E-state index in [1.165, 1.54) is 0 Å². The van der Waals surface area contributed by atoms with Crippen molar-refractivity contribution >= 4 is 88.9 Å². The van der Waals surface area contributed by atoms with Crippen molar-refractivity contribution in [2.24, 2.45) is 111 Å². The third-order valence-electron chi connectivity index (χ3n) is 13.3.